The highest BCUT2D eigenvalue weighted by Crippen LogP contribution is 2.31. The second-order valence-electron chi connectivity index (χ2n) is 6.65. The van der Waals surface area contributed by atoms with Crippen molar-refractivity contribution < 1.29 is 26.4 Å². The number of para-hydroxylation sites is 2. The average Bonchev–Trinajstić information content (AvgIpc) is 3.02. The van der Waals surface area contributed by atoms with Gasteiger partial charge in [0.1, 0.15) is 4.90 Å². The fourth-order valence-electron chi connectivity index (χ4n) is 3.03. The summed E-state index contributed by atoms with van der Waals surface area (Å²) in [6.45, 7) is 2.34. The van der Waals surface area contributed by atoms with Crippen molar-refractivity contribution in [3.63, 3.8) is 0 Å². The van der Waals surface area contributed by atoms with Crippen LogP contribution in [0.2, 0.25) is 0 Å². The highest BCUT2D eigenvalue weighted by atomic mass is 32.2. The number of carbonyl (C=O) groups excluding carboxylic acids is 1. The number of rotatable bonds is 6. The molecule has 1 amide bonds. The first kappa shape index (κ1) is 21.8. The summed E-state index contributed by atoms with van der Waals surface area (Å²) in [5.74, 6) is -1.55. The highest BCUT2D eigenvalue weighted by molar-refractivity contribution is 7.89. The molecule has 0 bridgehead atoms. The second-order valence-corrected chi connectivity index (χ2v) is 8.39. The van der Waals surface area contributed by atoms with E-state index in [2.05, 4.69) is 15.0 Å². The molecular formula is C19H19F3N4O3S. The fraction of sp³-hybridized carbons (Fsp3) is 0.263. The van der Waals surface area contributed by atoms with Crippen molar-refractivity contribution in [1.29, 1.82) is 0 Å². The van der Waals surface area contributed by atoms with Crippen LogP contribution in [0.5, 0.6) is 0 Å². The predicted octanol–water partition coefficient (Wildman–Crippen LogP) is 3.30. The first-order valence-corrected chi connectivity index (χ1v) is 10.4. The number of alkyl halides is 3. The smallest absolute Gasteiger partial charge is 0.325 e. The van der Waals surface area contributed by atoms with Gasteiger partial charge >= 0.3 is 6.18 Å². The Morgan fingerprint density at radius 1 is 1.17 bits per heavy atom. The number of anilines is 1. The van der Waals surface area contributed by atoms with E-state index in [9.17, 15) is 26.4 Å². The zero-order chi connectivity index (χ0) is 22.1. The minimum atomic E-state index is -4.69. The summed E-state index contributed by atoms with van der Waals surface area (Å²) in [5.41, 5.74) is 1.15. The van der Waals surface area contributed by atoms with E-state index in [-0.39, 0.29) is 34.7 Å². The third kappa shape index (κ3) is 4.62. The summed E-state index contributed by atoms with van der Waals surface area (Å²) in [4.78, 5) is 14.8. The molecule has 1 heterocycles. The van der Waals surface area contributed by atoms with Gasteiger partial charge in [-0.25, -0.2) is 18.1 Å². The zero-order valence-electron chi connectivity index (χ0n) is 16.1. The molecule has 0 fully saturated rings. The van der Waals surface area contributed by atoms with Crippen molar-refractivity contribution in [2.45, 2.75) is 31.5 Å². The molecule has 7 nitrogen and oxygen atoms in total. The number of benzene rings is 2. The Bertz CT molecular complexity index is 1200. The van der Waals surface area contributed by atoms with Crippen molar-refractivity contribution in [2.24, 2.45) is 0 Å². The van der Waals surface area contributed by atoms with Crippen LogP contribution in [0.25, 0.3) is 11.0 Å². The molecule has 11 heteroatoms. The van der Waals surface area contributed by atoms with Crippen molar-refractivity contribution in [3.8, 4) is 0 Å². The van der Waals surface area contributed by atoms with Crippen molar-refractivity contribution in [2.75, 3.05) is 11.9 Å². The number of aromatic nitrogens is 2. The number of nitrogens with zero attached hydrogens (tertiary/aromatic N) is 2. The molecule has 3 rings (SSSR count). The fourth-order valence-corrected chi connectivity index (χ4v) is 4.30. The molecule has 0 unspecified atom stereocenters. The van der Waals surface area contributed by atoms with Crippen LogP contribution in [-0.4, -0.2) is 30.4 Å². The van der Waals surface area contributed by atoms with Crippen molar-refractivity contribution in [3.05, 3.63) is 53.9 Å². The molecule has 0 saturated carbocycles. The summed E-state index contributed by atoms with van der Waals surface area (Å²) >= 11 is 0. The summed E-state index contributed by atoms with van der Waals surface area (Å²) in [6.07, 6.45) is -4.69. The van der Waals surface area contributed by atoms with Gasteiger partial charge in [0.15, 0.2) is 0 Å². The Kier molecular flexibility index (Phi) is 5.86. The Morgan fingerprint density at radius 2 is 1.87 bits per heavy atom. The maximum Gasteiger partial charge on any atom is 0.449 e. The molecule has 0 aliphatic carbocycles. The molecule has 160 valence electrons. The number of hydrogen-bond acceptors (Lipinski definition) is 4. The van der Waals surface area contributed by atoms with Gasteiger partial charge < -0.3 is 9.88 Å². The number of fused-ring (bicyclic) bond motifs is 1. The third-order valence-corrected chi connectivity index (χ3v) is 5.77. The number of carbonyl (C=O) groups is 1. The van der Waals surface area contributed by atoms with Crippen LogP contribution in [0.3, 0.4) is 0 Å². The number of imidazole rings is 1. The molecule has 1 aromatic heterocycles. The number of sulfonamides is 1. The Labute approximate surface area is 171 Å². The van der Waals surface area contributed by atoms with Gasteiger partial charge in [-0.2, -0.15) is 13.2 Å². The van der Waals surface area contributed by atoms with Gasteiger partial charge in [0.05, 0.1) is 16.7 Å². The predicted molar refractivity (Wildman–Crippen MR) is 105 cm³/mol. The maximum absolute atomic E-state index is 13.4. The Balaban J connectivity index is 1.87. The first-order valence-electron chi connectivity index (χ1n) is 8.89. The molecule has 0 aliphatic rings. The molecule has 0 radical (unpaired) electrons. The number of hydrogen-bond donors (Lipinski definition) is 2. The largest absolute Gasteiger partial charge is 0.449 e. The lowest BCUT2D eigenvalue weighted by Gasteiger charge is -2.14. The van der Waals surface area contributed by atoms with Crippen LogP contribution in [0.1, 0.15) is 18.3 Å². The van der Waals surface area contributed by atoms with Gasteiger partial charge in [0.2, 0.25) is 21.8 Å². The van der Waals surface area contributed by atoms with E-state index >= 15 is 0 Å². The molecule has 3 aromatic rings. The summed E-state index contributed by atoms with van der Waals surface area (Å²) in [5, 5.41) is 2.44. The summed E-state index contributed by atoms with van der Waals surface area (Å²) < 4.78 is 68.8. The highest BCUT2D eigenvalue weighted by Gasteiger charge is 2.37. The molecule has 0 aliphatic heterocycles. The topological polar surface area (TPSA) is 93.1 Å². The first-order chi connectivity index (χ1) is 14.0. The van der Waals surface area contributed by atoms with Crippen LogP contribution in [-0.2, 0) is 27.5 Å². The molecule has 30 heavy (non-hydrogen) atoms. The lowest BCUT2D eigenvalue weighted by molar-refractivity contribution is -0.146. The lowest BCUT2D eigenvalue weighted by Crippen LogP contribution is -2.29. The van der Waals surface area contributed by atoms with Crippen LogP contribution in [0, 0.1) is 6.92 Å². The van der Waals surface area contributed by atoms with E-state index in [1.165, 1.54) is 31.2 Å². The molecule has 2 aromatic carbocycles. The quantitative estimate of drug-likeness (QED) is 0.615. The van der Waals surface area contributed by atoms with Crippen LogP contribution < -0.4 is 10.0 Å². The van der Waals surface area contributed by atoms with Crippen LogP contribution in [0.4, 0.5) is 18.9 Å². The van der Waals surface area contributed by atoms with E-state index in [0.717, 1.165) is 4.57 Å². The van der Waals surface area contributed by atoms with Crippen LogP contribution >= 0.6 is 0 Å². The Morgan fingerprint density at radius 3 is 2.53 bits per heavy atom. The second kappa shape index (κ2) is 8.07. The van der Waals surface area contributed by atoms with Crippen molar-refractivity contribution in [1.82, 2.24) is 14.3 Å². The van der Waals surface area contributed by atoms with Gasteiger partial charge in [-0.3, -0.25) is 4.79 Å². The van der Waals surface area contributed by atoms with Gasteiger partial charge in [-0.1, -0.05) is 18.2 Å². The summed E-state index contributed by atoms with van der Waals surface area (Å²) in [6, 6.07) is 10.6. The third-order valence-electron chi connectivity index (χ3n) is 4.27. The number of nitrogens with one attached hydrogen (secondary N) is 2. The van der Waals surface area contributed by atoms with E-state index in [1.54, 1.807) is 25.1 Å². The van der Waals surface area contributed by atoms with E-state index < -0.39 is 27.9 Å². The van der Waals surface area contributed by atoms with E-state index in [4.69, 9.17) is 0 Å². The molecule has 2 N–H and O–H groups in total. The Hall–Kier alpha value is -2.92. The van der Waals surface area contributed by atoms with Crippen molar-refractivity contribution >= 4 is 32.7 Å². The normalized spacial score (nSPS) is 12.3. The number of halogens is 3. The lowest BCUT2D eigenvalue weighted by atomic mass is 10.2. The number of amides is 1. The summed E-state index contributed by atoms with van der Waals surface area (Å²) in [7, 11) is -4.09. The van der Waals surface area contributed by atoms with E-state index in [1.807, 2.05) is 0 Å². The molecule has 0 spiro atoms. The van der Waals surface area contributed by atoms with E-state index in [0.29, 0.717) is 5.56 Å². The van der Waals surface area contributed by atoms with Gasteiger partial charge in [-0.15, -0.1) is 0 Å². The monoisotopic (exact) mass is 440 g/mol. The minimum Gasteiger partial charge on any atom is -0.325 e. The minimum absolute atomic E-state index is 0.0876. The molecule has 0 atom stereocenters. The van der Waals surface area contributed by atoms with Gasteiger partial charge in [0, 0.05) is 20.0 Å². The molecular weight excluding hydrogens is 421 g/mol. The average molecular weight is 440 g/mol. The standard InChI is InChI=1S/C19H19F3N4O3S/c1-12-7-8-15(24-13(2)27)17(11-12)30(28,29)23-9-10-26-16-6-4-3-5-14(16)25-18(26)19(20,21)22/h3-8,11,23H,9-10H2,1-2H3,(H,24,27). The van der Waals surface area contributed by atoms with Gasteiger partial charge in [0.25, 0.3) is 0 Å². The maximum atomic E-state index is 13.4. The van der Waals surface area contributed by atoms with Crippen LogP contribution in [0.15, 0.2) is 47.4 Å². The zero-order valence-corrected chi connectivity index (χ0v) is 16.9. The number of aryl methyl sites for hydroxylation is 1. The van der Waals surface area contributed by atoms with Gasteiger partial charge in [-0.05, 0) is 36.8 Å². The SMILES string of the molecule is CC(=O)Nc1ccc(C)cc1S(=O)(=O)NCCn1c(C(F)(F)F)nc2ccccc21. The molecule has 0 saturated heterocycles.